The molecule has 1 atom stereocenters. The van der Waals surface area contributed by atoms with Gasteiger partial charge in [-0.3, -0.25) is 4.79 Å². The Morgan fingerprint density at radius 3 is 2.55 bits per heavy atom. The van der Waals surface area contributed by atoms with Gasteiger partial charge in [0.05, 0.1) is 30.5 Å². The molecule has 212 valence electrons. The molecule has 0 saturated heterocycles. The number of aromatic nitrogens is 3. The van der Waals surface area contributed by atoms with E-state index in [-0.39, 0.29) is 5.91 Å². The van der Waals surface area contributed by atoms with Crippen LogP contribution in [0.1, 0.15) is 24.1 Å². The number of rotatable bonds is 8. The van der Waals surface area contributed by atoms with Crippen LogP contribution in [-0.2, 0) is 11.4 Å². The molecule has 1 aliphatic heterocycles. The number of benzene rings is 4. The summed E-state index contributed by atoms with van der Waals surface area (Å²) in [5, 5.41) is 13.3. The lowest BCUT2D eigenvalue weighted by Crippen LogP contribution is -2.31. The number of carbonyl (C=O) groups excluding carboxylic acids is 1. The molecule has 5 aromatic rings. The fraction of sp³-hybridized carbons (Fsp3) is 0.156. The van der Waals surface area contributed by atoms with Crippen molar-refractivity contribution in [2.24, 2.45) is 0 Å². The van der Waals surface area contributed by atoms with Gasteiger partial charge in [0, 0.05) is 17.8 Å². The van der Waals surface area contributed by atoms with Crippen molar-refractivity contribution in [3.8, 4) is 17.2 Å². The molecule has 0 unspecified atom stereocenters. The second-order valence-corrected chi connectivity index (χ2v) is 10.1. The number of ether oxygens (including phenoxy) is 3. The van der Waals surface area contributed by atoms with E-state index in [1.54, 1.807) is 16.8 Å². The maximum absolute atomic E-state index is 13.9. The van der Waals surface area contributed by atoms with Crippen molar-refractivity contribution in [1.29, 1.82) is 0 Å². The highest BCUT2D eigenvalue weighted by Crippen LogP contribution is 2.39. The van der Waals surface area contributed by atoms with Crippen molar-refractivity contribution >= 4 is 39.9 Å². The molecule has 0 spiro atoms. The summed E-state index contributed by atoms with van der Waals surface area (Å²) in [5.41, 5.74) is 3.48. The molecule has 1 aromatic heterocycles. The summed E-state index contributed by atoms with van der Waals surface area (Å²) in [7, 11) is 3.02. The Labute approximate surface area is 247 Å². The third-order valence-corrected chi connectivity index (χ3v) is 7.53. The van der Waals surface area contributed by atoms with Gasteiger partial charge in [-0.25, -0.2) is 4.68 Å². The Kier molecular flexibility index (Phi) is 7.41. The summed E-state index contributed by atoms with van der Waals surface area (Å²) in [6.07, 6.45) is 1.46. The Balaban J connectivity index is 1.28. The highest BCUT2D eigenvalue weighted by Gasteiger charge is 2.34. The van der Waals surface area contributed by atoms with E-state index in [0.29, 0.717) is 51.8 Å². The lowest BCUT2D eigenvalue weighted by Gasteiger charge is -2.29. The lowest BCUT2D eigenvalue weighted by atomic mass is 9.95. The fourth-order valence-corrected chi connectivity index (χ4v) is 5.40. The molecule has 0 bridgehead atoms. The van der Waals surface area contributed by atoms with Crippen LogP contribution in [0, 0.1) is 0 Å². The summed E-state index contributed by atoms with van der Waals surface area (Å²) in [6.45, 7) is 2.27. The topological polar surface area (TPSA) is 99.5 Å². The van der Waals surface area contributed by atoms with E-state index in [1.165, 1.54) is 25.9 Å². The van der Waals surface area contributed by atoms with Crippen molar-refractivity contribution in [1.82, 2.24) is 14.8 Å². The van der Waals surface area contributed by atoms with Gasteiger partial charge in [0.15, 0.2) is 0 Å². The molecule has 0 aliphatic carbocycles. The standard InChI is InChI=1S/C32H28ClN5O4/c1-19-29(31(39)37-26-16-27(40-2)25(33)15-28(26)41-3)30(38-32(36-19)34-18-35-38)21-11-13-23(14-12-21)42-17-22-9-6-8-20-7-4-5-10-24(20)22/h4-16,18,30H,17H2,1-3H3,(H,37,39)(H,34,35,36)/t30-/m0/s1. The first-order valence-electron chi connectivity index (χ1n) is 13.3. The molecule has 4 aromatic carbocycles. The van der Waals surface area contributed by atoms with Crippen molar-refractivity contribution in [3.63, 3.8) is 0 Å². The second kappa shape index (κ2) is 11.5. The molecule has 6 rings (SSSR count). The van der Waals surface area contributed by atoms with Crippen LogP contribution >= 0.6 is 11.6 Å². The lowest BCUT2D eigenvalue weighted by molar-refractivity contribution is -0.113. The number of hydrogen-bond acceptors (Lipinski definition) is 7. The first kappa shape index (κ1) is 27.2. The van der Waals surface area contributed by atoms with Crippen LogP contribution in [0.3, 0.4) is 0 Å². The number of halogens is 1. The zero-order valence-corrected chi connectivity index (χ0v) is 24.0. The third kappa shape index (κ3) is 5.10. The summed E-state index contributed by atoms with van der Waals surface area (Å²) >= 11 is 6.27. The normalized spacial score (nSPS) is 14.2. The Bertz CT molecular complexity index is 1810. The monoisotopic (exact) mass is 581 g/mol. The van der Waals surface area contributed by atoms with Gasteiger partial charge in [-0.2, -0.15) is 10.1 Å². The van der Waals surface area contributed by atoms with Crippen LogP contribution in [0.2, 0.25) is 5.02 Å². The molecule has 9 nitrogen and oxygen atoms in total. The van der Waals surface area contributed by atoms with Crippen molar-refractivity contribution in [3.05, 3.63) is 113 Å². The van der Waals surface area contributed by atoms with E-state index < -0.39 is 6.04 Å². The van der Waals surface area contributed by atoms with Gasteiger partial charge in [-0.1, -0.05) is 66.2 Å². The molecular weight excluding hydrogens is 554 g/mol. The summed E-state index contributed by atoms with van der Waals surface area (Å²) < 4.78 is 18.6. The zero-order valence-electron chi connectivity index (χ0n) is 23.2. The van der Waals surface area contributed by atoms with Crippen molar-refractivity contribution < 1.29 is 19.0 Å². The van der Waals surface area contributed by atoms with Crippen LogP contribution in [0.4, 0.5) is 11.6 Å². The third-order valence-electron chi connectivity index (χ3n) is 7.23. The molecule has 2 heterocycles. The summed E-state index contributed by atoms with van der Waals surface area (Å²) in [6, 6.07) is 24.8. The van der Waals surface area contributed by atoms with Crippen LogP contribution in [-0.4, -0.2) is 34.9 Å². The molecule has 42 heavy (non-hydrogen) atoms. The number of allylic oxidation sites excluding steroid dienone is 1. The van der Waals surface area contributed by atoms with Gasteiger partial charge < -0.3 is 24.8 Å². The van der Waals surface area contributed by atoms with Gasteiger partial charge in [-0.05, 0) is 41.0 Å². The molecule has 1 aliphatic rings. The summed E-state index contributed by atoms with van der Waals surface area (Å²) in [4.78, 5) is 18.2. The zero-order chi connectivity index (χ0) is 29.2. The van der Waals surface area contributed by atoms with E-state index in [4.69, 9.17) is 25.8 Å². The largest absolute Gasteiger partial charge is 0.495 e. The minimum atomic E-state index is -0.545. The first-order valence-corrected chi connectivity index (χ1v) is 13.6. The maximum atomic E-state index is 13.9. The van der Waals surface area contributed by atoms with E-state index in [2.05, 4.69) is 45.0 Å². The molecular formula is C32H28ClN5O4. The van der Waals surface area contributed by atoms with Crippen LogP contribution in [0.15, 0.2) is 96.5 Å². The minimum absolute atomic E-state index is 0.342. The fourth-order valence-electron chi connectivity index (χ4n) is 5.17. The Hall–Kier alpha value is -5.02. The highest BCUT2D eigenvalue weighted by molar-refractivity contribution is 6.32. The smallest absolute Gasteiger partial charge is 0.255 e. The SMILES string of the molecule is COc1cc(NC(=O)C2=C(C)Nc3ncnn3[C@H]2c2ccc(OCc3cccc4ccccc34)cc2)c(OC)cc1Cl. The number of amides is 1. The van der Waals surface area contributed by atoms with E-state index in [9.17, 15) is 4.79 Å². The Morgan fingerprint density at radius 1 is 1.00 bits per heavy atom. The number of methoxy groups -OCH3 is 2. The minimum Gasteiger partial charge on any atom is -0.495 e. The molecule has 0 saturated carbocycles. The van der Waals surface area contributed by atoms with Crippen molar-refractivity contribution in [2.75, 3.05) is 24.9 Å². The van der Waals surface area contributed by atoms with Gasteiger partial charge in [0.25, 0.3) is 5.91 Å². The van der Waals surface area contributed by atoms with Crippen LogP contribution < -0.4 is 24.8 Å². The quantitative estimate of drug-likeness (QED) is 0.213. The van der Waals surface area contributed by atoms with Gasteiger partial charge >= 0.3 is 0 Å². The molecule has 10 heteroatoms. The van der Waals surface area contributed by atoms with E-state index >= 15 is 0 Å². The predicted octanol–water partition coefficient (Wildman–Crippen LogP) is 6.61. The van der Waals surface area contributed by atoms with Crippen LogP contribution in [0.5, 0.6) is 17.2 Å². The number of nitrogens with zero attached hydrogens (tertiary/aromatic N) is 3. The van der Waals surface area contributed by atoms with Crippen molar-refractivity contribution in [2.45, 2.75) is 19.6 Å². The van der Waals surface area contributed by atoms with Crippen LogP contribution in [0.25, 0.3) is 10.8 Å². The number of carbonyl (C=O) groups is 1. The number of fused-ring (bicyclic) bond motifs is 2. The van der Waals surface area contributed by atoms with E-state index in [0.717, 1.165) is 16.5 Å². The van der Waals surface area contributed by atoms with Gasteiger partial charge in [0.1, 0.15) is 36.2 Å². The average Bonchev–Trinajstić information content (AvgIpc) is 3.48. The van der Waals surface area contributed by atoms with Gasteiger partial charge in [-0.15, -0.1) is 0 Å². The second-order valence-electron chi connectivity index (χ2n) is 9.73. The first-order chi connectivity index (χ1) is 20.5. The van der Waals surface area contributed by atoms with E-state index in [1.807, 2.05) is 49.4 Å². The molecule has 1 amide bonds. The average molecular weight is 582 g/mol. The summed E-state index contributed by atoms with van der Waals surface area (Å²) in [5.74, 6) is 1.72. The Morgan fingerprint density at radius 2 is 1.76 bits per heavy atom. The predicted molar refractivity (Wildman–Crippen MR) is 162 cm³/mol. The molecule has 0 radical (unpaired) electrons. The van der Waals surface area contributed by atoms with Gasteiger partial charge in [0.2, 0.25) is 5.95 Å². The molecule has 2 N–H and O–H groups in total. The maximum Gasteiger partial charge on any atom is 0.255 e. The highest BCUT2D eigenvalue weighted by atomic mass is 35.5. The number of hydrogen-bond donors (Lipinski definition) is 2. The number of nitrogens with one attached hydrogen (secondary N) is 2. The molecule has 0 fully saturated rings. The number of anilines is 2.